The van der Waals surface area contributed by atoms with Crippen LogP contribution in [-0.2, 0) is 11.2 Å². The van der Waals surface area contributed by atoms with Crippen molar-refractivity contribution in [3.8, 4) is 17.2 Å². The number of carbonyl (C=O) groups is 1. The van der Waals surface area contributed by atoms with Gasteiger partial charge in [0.25, 0.3) is 5.91 Å². The summed E-state index contributed by atoms with van der Waals surface area (Å²) in [5.41, 5.74) is 5.07. The van der Waals surface area contributed by atoms with E-state index in [0.717, 1.165) is 41.0 Å². The molecule has 1 aliphatic rings. The van der Waals surface area contributed by atoms with Crippen LogP contribution in [0.2, 0.25) is 0 Å². The number of anilines is 1. The molecule has 4 rings (SSSR count). The smallest absolute Gasteiger partial charge is 0.257 e. The van der Waals surface area contributed by atoms with Crippen LogP contribution in [0.25, 0.3) is 0 Å². The second-order valence-electron chi connectivity index (χ2n) is 9.13. The van der Waals surface area contributed by atoms with Crippen LogP contribution in [0, 0.1) is 20.8 Å². The predicted molar refractivity (Wildman–Crippen MR) is 135 cm³/mol. The first kappa shape index (κ1) is 24.5. The minimum atomic E-state index is -0.486. The van der Waals surface area contributed by atoms with Crippen LogP contribution in [0.5, 0.6) is 17.2 Å². The fraction of sp³-hybridized carbons (Fsp3) is 0.357. The maximum atomic E-state index is 12.4. The molecule has 35 heavy (non-hydrogen) atoms. The van der Waals surface area contributed by atoms with Crippen molar-refractivity contribution in [1.29, 1.82) is 0 Å². The van der Waals surface area contributed by atoms with Crippen LogP contribution < -0.4 is 19.5 Å². The van der Waals surface area contributed by atoms with E-state index in [-0.39, 0.29) is 12.7 Å². The van der Waals surface area contributed by atoms with Gasteiger partial charge in [-0.25, -0.2) is 0 Å². The van der Waals surface area contributed by atoms with Crippen LogP contribution in [0.4, 0.5) is 5.69 Å². The lowest BCUT2D eigenvalue weighted by atomic mass is 9.87. The van der Waals surface area contributed by atoms with E-state index in [1.165, 1.54) is 11.8 Å². The van der Waals surface area contributed by atoms with Crippen molar-refractivity contribution in [3.05, 3.63) is 76.6 Å². The Balaban J connectivity index is 1.45. The number of amides is 1. The van der Waals surface area contributed by atoms with Gasteiger partial charge in [0.1, 0.15) is 29.5 Å². The first-order chi connectivity index (χ1) is 16.8. The molecule has 2 heterocycles. The van der Waals surface area contributed by atoms with E-state index < -0.39 is 5.60 Å². The Morgan fingerprint density at radius 2 is 1.94 bits per heavy atom. The lowest BCUT2D eigenvalue weighted by molar-refractivity contribution is 0.0161. The number of aromatic nitrogens is 1. The van der Waals surface area contributed by atoms with Gasteiger partial charge in [0.05, 0.1) is 5.56 Å². The number of hydrogen-bond acceptors (Lipinski definition) is 6. The molecule has 0 spiro atoms. The van der Waals surface area contributed by atoms with Crippen molar-refractivity contribution in [2.75, 3.05) is 25.8 Å². The monoisotopic (exact) mass is 476 g/mol. The third kappa shape index (κ3) is 5.41. The second-order valence-corrected chi connectivity index (χ2v) is 9.13. The molecule has 0 saturated carbocycles. The molecule has 0 saturated heterocycles. The summed E-state index contributed by atoms with van der Waals surface area (Å²) in [5.74, 6) is 2.23. The molecule has 0 radical (unpaired) electrons. The van der Waals surface area contributed by atoms with E-state index in [1.54, 1.807) is 25.4 Å². The maximum absolute atomic E-state index is 12.4. The number of pyridine rings is 1. The number of benzene rings is 2. The summed E-state index contributed by atoms with van der Waals surface area (Å²) >= 11 is 0. The number of rotatable bonds is 8. The van der Waals surface area contributed by atoms with Crippen molar-refractivity contribution < 1.29 is 23.7 Å². The summed E-state index contributed by atoms with van der Waals surface area (Å²) in [6.45, 7) is 8.85. The van der Waals surface area contributed by atoms with Gasteiger partial charge in [-0.15, -0.1) is 0 Å². The molecule has 1 unspecified atom stereocenters. The van der Waals surface area contributed by atoms with Crippen molar-refractivity contribution >= 4 is 11.6 Å². The second kappa shape index (κ2) is 10.4. The molecule has 0 fully saturated rings. The van der Waals surface area contributed by atoms with Crippen molar-refractivity contribution in [2.45, 2.75) is 46.1 Å². The third-order valence-corrected chi connectivity index (χ3v) is 6.44. The van der Waals surface area contributed by atoms with Gasteiger partial charge in [-0.05, 0) is 81.5 Å². The average molecular weight is 477 g/mol. The van der Waals surface area contributed by atoms with Gasteiger partial charge in [-0.3, -0.25) is 9.78 Å². The number of fused-ring (bicyclic) bond motifs is 1. The molecule has 1 N–H and O–H groups in total. The summed E-state index contributed by atoms with van der Waals surface area (Å²) in [6, 6.07) is 10.8. The van der Waals surface area contributed by atoms with E-state index in [2.05, 4.69) is 31.1 Å². The Kier molecular flexibility index (Phi) is 7.26. The Morgan fingerprint density at radius 1 is 1.11 bits per heavy atom. The highest BCUT2D eigenvalue weighted by atomic mass is 16.7. The number of nitrogens with zero attached hydrogens (tertiary/aromatic N) is 1. The van der Waals surface area contributed by atoms with Crippen molar-refractivity contribution in [1.82, 2.24) is 4.98 Å². The Morgan fingerprint density at radius 3 is 2.69 bits per heavy atom. The fourth-order valence-electron chi connectivity index (χ4n) is 4.32. The highest BCUT2D eigenvalue weighted by Crippen LogP contribution is 2.44. The zero-order valence-electron chi connectivity index (χ0n) is 20.9. The highest BCUT2D eigenvalue weighted by molar-refractivity contribution is 6.04. The molecule has 184 valence electrons. The highest BCUT2D eigenvalue weighted by Gasteiger charge is 2.35. The Hall–Kier alpha value is -3.58. The molecule has 0 aliphatic carbocycles. The molecule has 1 atom stereocenters. The van der Waals surface area contributed by atoms with Gasteiger partial charge in [0.15, 0.2) is 6.79 Å². The third-order valence-electron chi connectivity index (χ3n) is 6.44. The number of carbonyl (C=O) groups excluding carboxylic acids is 1. The van der Waals surface area contributed by atoms with E-state index in [1.807, 2.05) is 31.2 Å². The predicted octanol–water partition coefficient (Wildman–Crippen LogP) is 5.40. The standard InChI is InChI=1S/C28H32N2O5/c1-18-19(2)26-24(20(3)25(18)34-17-32-5)11-12-28(4,35-26)16-33-23-10-6-9-22(14-23)30-27(31)21-8-7-13-29-15-21/h6-10,13-15H,11-12,16-17H2,1-5H3,(H,30,31). The van der Waals surface area contributed by atoms with Crippen LogP contribution in [-0.4, -0.2) is 37.0 Å². The molecule has 3 aromatic rings. The van der Waals surface area contributed by atoms with Gasteiger partial charge >= 0.3 is 0 Å². The maximum Gasteiger partial charge on any atom is 0.257 e. The minimum absolute atomic E-state index is 0.216. The molecule has 0 bridgehead atoms. The minimum Gasteiger partial charge on any atom is -0.489 e. The van der Waals surface area contributed by atoms with E-state index >= 15 is 0 Å². The first-order valence-corrected chi connectivity index (χ1v) is 11.7. The van der Waals surface area contributed by atoms with Crippen molar-refractivity contribution in [3.63, 3.8) is 0 Å². The average Bonchev–Trinajstić information content (AvgIpc) is 2.87. The van der Waals surface area contributed by atoms with Gasteiger partial charge in [0.2, 0.25) is 0 Å². The zero-order chi connectivity index (χ0) is 25.0. The lowest BCUT2D eigenvalue weighted by Crippen LogP contribution is -2.42. The summed E-state index contributed by atoms with van der Waals surface area (Å²) < 4.78 is 23.7. The van der Waals surface area contributed by atoms with Crippen molar-refractivity contribution in [2.24, 2.45) is 0 Å². The van der Waals surface area contributed by atoms with Crippen LogP contribution >= 0.6 is 0 Å². The molecule has 1 aliphatic heterocycles. The fourth-order valence-corrected chi connectivity index (χ4v) is 4.32. The lowest BCUT2D eigenvalue weighted by Gasteiger charge is -2.38. The zero-order valence-corrected chi connectivity index (χ0v) is 20.9. The quantitative estimate of drug-likeness (QED) is 0.438. The summed E-state index contributed by atoms with van der Waals surface area (Å²) in [5, 5.41) is 2.89. The van der Waals surface area contributed by atoms with E-state index in [4.69, 9.17) is 18.9 Å². The molecule has 7 heteroatoms. The first-order valence-electron chi connectivity index (χ1n) is 11.7. The normalized spacial score (nSPS) is 16.7. The van der Waals surface area contributed by atoms with Crippen LogP contribution in [0.3, 0.4) is 0 Å². The molecule has 1 aromatic heterocycles. The van der Waals surface area contributed by atoms with Gasteiger partial charge < -0.3 is 24.3 Å². The van der Waals surface area contributed by atoms with Crippen LogP contribution in [0.1, 0.15) is 46.0 Å². The number of ether oxygens (including phenoxy) is 4. The number of nitrogens with one attached hydrogen (secondary N) is 1. The Labute approximate surface area is 206 Å². The molecule has 7 nitrogen and oxygen atoms in total. The largest absolute Gasteiger partial charge is 0.489 e. The van der Waals surface area contributed by atoms with E-state index in [9.17, 15) is 4.79 Å². The molecule has 1 amide bonds. The summed E-state index contributed by atoms with van der Waals surface area (Å²) in [4.78, 5) is 16.4. The molecular formula is C28H32N2O5. The SMILES string of the molecule is COCOc1c(C)c(C)c2c(c1C)CCC(C)(COc1cccc(NC(=O)c3cccnc3)c1)O2. The van der Waals surface area contributed by atoms with Gasteiger partial charge in [-0.1, -0.05) is 6.07 Å². The molecule has 2 aromatic carbocycles. The summed E-state index contributed by atoms with van der Waals surface area (Å²) in [6.07, 6.45) is 4.85. The molecular weight excluding hydrogens is 444 g/mol. The summed E-state index contributed by atoms with van der Waals surface area (Å²) in [7, 11) is 1.62. The number of methoxy groups -OCH3 is 1. The number of hydrogen-bond donors (Lipinski definition) is 1. The Bertz CT molecular complexity index is 1210. The topological polar surface area (TPSA) is 78.9 Å². The van der Waals surface area contributed by atoms with Crippen LogP contribution in [0.15, 0.2) is 48.8 Å². The van der Waals surface area contributed by atoms with Gasteiger partial charge in [0, 0.05) is 36.8 Å². The van der Waals surface area contributed by atoms with E-state index in [0.29, 0.717) is 23.6 Å². The van der Waals surface area contributed by atoms with Gasteiger partial charge in [-0.2, -0.15) is 0 Å².